The van der Waals surface area contributed by atoms with Crippen LogP contribution in [0.2, 0.25) is 0 Å². The van der Waals surface area contributed by atoms with Crippen LogP contribution < -0.4 is 5.32 Å². The Morgan fingerprint density at radius 3 is 2.80 bits per heavy atom. The number of amides is 1. The highest BCUT2D eigenvalue weighted by Crippen LogP contribution is 2.35. The Bertz CT molecular complexity index is 923. The van der Waals surface area contributed by atoms with Crippen molar-refractivity contribution in [3.05, 3.63) is 46.8 Å². The lowest BCUT2D eigenvalue weighted by atomic mass is 10.1. The van der Waals surface area contributed by atoms with E-state index in [4.69, 9.17) is 12.2 Å². The summed E-state index contributed by atoms with van der Waals surface area (Å²) in [5, 5.41) is 20.9. The number of H-pyrrole nitrogens is 1. The third-order valence-corrected chi connectivity index (χ3v) is 4.34. The number of benzene rings is 1. The first-order valence-electron chi connectivity index (χ1n) is 7.95. The van der Waals surface area contributed by atoms with Gasteiger partial charge in [-0.1, -0.05) is 12.1 Å². The molecule has 0 spiro atoms. The van der Waals surface area contributed by atoms with Crippen LogP contribution in [0.25, 0.3) is 5.69 Å². The molecule has 128 valence electrons. The molecule has 9 nitrogen and oxygen atoms in total. The standard InChI is InChI=1S/C15H16N8OS/c24-14(16-8-13-18-19-15(25)23(13)12-5-6-12)7-10-1-3-11(4-2-10)22-9-17-20-21-22/h1-4,9,12H,5-8H2,(H,16,24)(H,19,25). The fraction of sp³-hybridized carbons (Fsp3) is 0.333. The lowest BCUT2D eigenvalue weighted by Crippen LogP contribution is -2.26. The molecule has 1 aromatic carbocycles. The summed E-state index contributed by atoms with van der Waals surface area (Å²) in [6, 6.07) is 7.94. The molecular weight excluding hydrogens is 340 g/mol. The molecule has 1 aliphatic carbocycles. The summed E-state index contributed by atoms with van der Waals surface area (Å²) in [5.74, 6) is 0.710. The van der Waals surface area contributed by atoms with E-state index in [0.717, 1.165) is 29.9 Å². The molecule has 0 radical (unpaired) electrons. The van der Waals surface area contributed by atoms with Gasteiger partial charge in [-0.05, 0) is 53.2 Å². The molecule has 0 bridgehead atoms. The second-order valence-electron chi connectivity index (χ2n) is 5.92. The zero-order chi connectivity index (χ0) is 17.2. The van der Waals surface area contributed by atoms with Crippen LogP contribution in [-0.2, 0) is 17.8 Å². The fourth-order valence-electron chi connectivity index (χ4n) is 2.64. The number of carbonyl (C=O) groups excluding carboxylic acids is 1. The van der Waals surface area contributed by atoms with Crippen molar-refractivity contribution in [3.8, 4) is 5.69 Å². The number of hydrogen-bond acceptors (Lipinski definition) is 6. The highest BCUT2D eigenvalue weighted by Gasteiger charge is 2.27. The molecule has 25 heavy (non-hydrogen) atoms. The minimum absolute atomic E-state index is 0.0635. The van der Waals surface area contributed by atoms with Crippen molar-refractivity contribution in [2.24, 2.45) is 0 Å². The van der Waals surface area contributed by atoms with E-state index < -0.39 is 0 Å². The number of tetrazole rings is 1. The molecule has 2 aromatic heterocycles. The van der Waals surface area contributed by atoms with Crippen molar-refractivity contribution in [2.75, 3.05) is 0 Å². The van der Waals surface area contributed by atoms with Crippen molar-refractivity contribution < 1.29 is 4.79 Å². The summed E-state index contributed by atoms with van der Waals surface area (Å²) in [7, 11) is 0. The van der Waals surface area contributed by atoms with Gasteiger partial charge in [0.2, 0.25) is 5.91 Å². The largest absolute Gasteiger partial charge is 0.349 e. The van der Waals surface area contributed by atoms with Gasteiger partial charge in [-0.15, -0.1) is 5.10 Å². The molecule has 10 heteroatoms. The van der Waals surface area contributed by atoms with Crippen LogP contribution in [0.4, 0.5) is 0 Å². The maximum absolute atomic E-state index is 12.2. The van der Waals surface area contributed by atoms with E-state index in [2.05, 4.69) is 31.0 Å². The van der Waals surface area contributed by atoms with Crippen LogP contribution in [0, 0.1) is 4.77 Å². The van der Waals surface area contributed by atoms with Gasteiger partial charge in [0.05, 0.1) is 18.7 Å². The number of aromatic amines is 1. The molecule has 4 rings (SSSR count). The Balaban J connectivity index is 1.35. The summed E-state index contributed by atoms with van der Waals surface area (Å²) < 4.78 is 4.17. The van der Waals surface area contributed by atoms with Crippen molar-refractivity contribution in [3.63, 3.8) is 0 Å². The first-order chi connectivity index (χ1) is 12.2. The van der Waals surface area contributed by atoms with Crippen molar-refractivity contribution in [1.29, 1.82) is 0 Å². The molecule has 1 aliphatic rings. The van der Waals surface area contributed by atoms with Crippen LogP contribution in [0.15, 0.2) is 30.6 Å². The number of aromatic nitrogens is 7. The average molecular weight is 356 g/mol. The number of hydrogen-bond donors (Lipinski definition) is 2. The van der Waals surface area contributed by atoms with Gasteiger partial charge in [-0.2, -0.15) is 5.10 Å². The predicted octanol–water partition coefficient (Wildman–Crippen LogP) is 1.11. The molecule has 0 unspecified atom stereocenters. The van der Waals surface area contributed by atoms with E-state index in [1.54, 1.807) is 4.68 Å². The van der Waals surface area contributed by atoms with Crippen molar-refractivity contribution >= 4 is 18.1 Å². The molecule has 3 aromatic rings. The van der Waals surface area contributed by atoms with Gasteiger partial charge in [0.25, 0.3) is 0 Å². The fourth-order valence-corrected chi connectivity index (χ4v) is 2.94. The zero-order valence-electron chi connectivity index (χ0n) is 13.3. The van der Waals surface area contributed by atoms with E-state index >= 15 is 0 Å². The first kappa shape index (κ1) is 15.6. The maximum Gasteiger partial charge on any atom is 0.224 e. The Hall–Kier alpha value is -2.88. The molecule has 2 heterocycles. The highest BCUT2D eigenvalue weighted by molar-refractivity contribution is 7.71. The van der Waals surface area contributed by atoms with Crippen LogP contribution in [0.3, 0.4) is 0 Å². The minimum atomic E-state index is -0.0635. The smallest absolute Gasteiger partial charge is 0.224 e. The molecule has 1 saturated carbocycles. The van der Waals surface area contributed by atoms with Gasteiger partial charge in [0.1, 0.15) is 6.33 Å². The minimum Gasteiger partial charge on any atom is -0.349 e. The molecule has 0 aliphatic heterocycles. The van der Waals surface area contributed by atoms with Gasteiger partial charge in [-0.3, -0.25) is 14.5 Å². The molecule has 2 N–H and O–H groups in total. The molecule has 0 atom stereocenters. The van der Waals surface area contributed by atoms with Crippen LogP contribution >= 0.6 is 12.2 Å². The summed E-state index contributed by atoms with van der Waals surface area (Å²) in [6.45, 7) is 0.366. The van der Waals surface area contributed by atoms with Crippen LogP contribution in [0.5, 0.6) is 0 Å². The molecule has 1 amide bonds. The average Bonchev–Trinajstić information content (AvgIpc) is 3.16. The third-order valence-electron chi connectivity index (χ3n) is 4.05. The zero-order valence-corrected chi connectivity index (χ0v) is 14.1. The number of nitrogens with one attached hydrogen (secondary N) is 2. The summed E-state index contributed by atoms with van der Waals surface area (Å²) in [5.41, 5.74) is 1.75. The summed E-state index contributed by atoms with van der Waals surface area (Å²) >= 11 is 5.24. The number of nitrogens with zero attached hydrogens (tertiary/aromatic N) is 6. The lowest BCUT2D eigenvalue weighted by Gasteiger charge is -2.07. The molecular formula is C15H16N8OS. The second-order valence-corrected chi connectivity index (χ2v) is 6.31. The number of rotatable bonds is 6. The summed E-state index contributed by atoms with van der Waals surface area (Å²) in [4.78, 5) is 12.2. The van der Waals surface area contributed by atoms with Gasteiger partial charge in [0.15, 0.2) is 10.6 Å². The van der Waals surface area contributed by atoms with Gasteiger partial charge < -0.3 is 5.32 Å². The van der Waals surface area contributed by atoms with E-state index in [9.17, 15) is 4.79 Å². The Morgan fingerprint density at radius 1 is 1.32 bits per heavy atom. The third kappa shape index (κ3) is 3.48. The topological polar surface area (TPSA) is 106 Å². The predicted molar refractivity (Wildman–Crippen MR) is 90.4 cm³/mol. The van der Waals surface area contributed by atoms with E-state index in [0.29, 0.717) is 23.8 Å². The van der Waals surface area contributed by atoms with E-state index in [1.165, 1.54) is 6.33 Å². The SMILES string of the molecule is O=C(Cc1ccc(-n2cnnn2)cc1)NCc1n[nH]c(=S)n1C1CC1. The van der Waals surface area contributed by atoms with Gasteiger partial charge >= 0.3 is 0 Å². The molecule has 1 fully saturated rings. The monoisotopic (exact) mass is 356 g/mol. The maximum atomic E-state index is 12.2. The quantitative estimate of drug-likeness (QED) is 0.641. The Morgan fingerprint density at radius 2 is 2.12 bits per heavy atom. The van der Waals surface area contributed by atoms with E-state index in [-0.39, 0.29) is 5.91 Å². The van der Waals surface area contributed by atoms with Gasteiger partial charge in [0, 0.05) is 6.04 Å². The second kappa shape index (κ2) is 6.55. The highest BCUT2D eigenvalue weighted by atomic mass is 32.1. The van der Waals surface area contributed by atoms with E-state index in [1.807, 2.05) is 28.8 Å². The van der Waals surface area contributed by atoms with Gasteiger partial charge in [-0.25, -0.2) is 4.68 Å². The van der Waals surface area contributed by atoms with Crippen molar-refractivity contribution in [2.45, 2.75) is 31.8 Å². The lowest BCUT2D eigenvalue weighted by molar-refractivity contribution is -0.120. The Labute approximate surface area is 148 Å². The molecule has 0 saturated heterocycles. The Kier molecular flexibility index (Phi) is 4.10. The first-order valence-corrected chi connectivity index (χ1v) is 8.36. The number of carbonyl (C=O) groups is 1. The van der Waals surface area contributed by atoms with Crippen molar-refractivity contribution in [1.82, 2.24) is 40.3 Å². The van der Waals surface area contributed by atoms with Crippen LogP contribution in [-0.4, -0.2) is 40.9 Å². The normalized spacial score (nSPS) is 13.8. The summed E-state index contributed by atoms with van der Waals surface area (Å²) in [6.07, 6.45) is 4.05. The van der Waals surface area contributed by atoms with Crippen LogP contribution in [0.1, 0.15) is 30.3 Å².